The van der Waals surface area contributed by atoms with Crippen molar-refractivity contribution in [2.24, 2.45) is 5.41 Å². The summed E-state index contributed by atoms with van der Waals surface area (Å²) in [6.07, 6.45) is 4.26. The molecule has 2 aliphatic rings. The fraction of sp³-hybridized carbons (Fsp3) is 0.393. The first-order valence-corrected chi connectivity index (χ1v) is 13.4. The zero-order valence-corrected chi connectivity index (χ0v) is 21.9. The van der Waals surface area contributed by atoms with E-state index in [9.17, 15) is 14.4 Å². The summed E-state index contributed by atoms with van der Waals surface area (Å²) in [4.78, 5) is 42.0. The van der Waals surface area contributed by atoms with Crippen LogP contribution in [0, 0.1) is 5.41 Å². The Balaban J connectivity index is 1.39. The Morgan fingerprint density at radius 1 is 1.03 bits per heavy atom. The lowest BCUT2D eigenvalue weighted by molar-refractivity contribution is -0.137. The standard InChI is InChI=1S/C28H31ClN6O3/c29-22-9-7-21(8-10-22)26(37)34-15-11-28(12-16-34)18-23-19-35(33-32-23)14-4-13-30-25(36)24(31-27(28)38)17-20-5-2-1-3-6-20/h1-3,5-10,19,24H,4,11-18H2,(H,30,36)(H,31,38)/t24-/m0/s1. The lowest BCUT2D eigenvalue weighted by Crippen LogP contribution is -2.56. The number of halogens is 1. The zero-order chi connectivity index (χ0) is 26.5. The maximum absolute atomic E-state index is 14.0. The number of fused-ring (bicyclic) bond motifs is 2. The number of benzene rings is 2. The number of carbonyl (C=O) groups excluding carboxylic acids is 3. The van der Waals surface area contributed by atoms with Crippen LogP contribution in [0.5, 0.6) is 0 Å². The third-order valence-electron chi connectivity index (χ3n) is 7.45. The van der Waals surface area contributed by atoms with Crippen molar-refractivity contribution >= 4 is 29.3 Å². The summed E-state index contributed by atoms with van der Waals surface area (Å²) in [6.45, 7) is 1.92. The molecule has 1 aromatic heterocycles. The van der Waals surface area contributed by atoms with Gasteiger partial charge in [-0.15, -0.1) is 5.10 Å². The van der Waals surface area contributed by atoms with E-state index in [0.29, 0.717) is 68.9 Å². The lowest BCUT2D eigenvalue weighted by atomic mass is 9.73. The van der Waals surface area contributed by atoms with Gasteiger partial charge in [-0.2, -0.15) is 0 Å². The number of hydrogen-bond acceptors (Lipinski definition) is 5. The Bertz CT molecular complexity index is 1290. The number of rotatable bonds is 3. The average molecular weight is 535 g/mol. The smallest absolute Gasteiger partial charge is 0.253 e. The Hall–Kier alpha value is -3.72. The largest absolute Gasteiger partial charge is 0.354 e. The van der Waals surface area contributed by atoms with Gasteiger partial charge in [-0.3, -0.25) is 19.1 Å². The summed E-state index contributed by atoms with van der Waals surface area (Å²) >= 11 is 5.98. The molecule has 2 aromatic carbocycles. The molecular formula is C28H31ClN6O3. The highest BCUT2D eigenvalue weighted by molar-refractivity contribution is 6.30. The number of piperidine rings is 1. The second-order valence-electron chi connectivity index (χ2n) is 10.1. The predicted octanol–water partition coefficient (Wildman–Crippen LogP) is 2.64. The minimum atomic E-state index is -0.819. The number of amides is 3. The second kappa shape index (κ2) is 11.3. The van der Waals surface area contributed by atoms with Crippen LogP contribution in [-0.4, -0.2) is 63.3 Å². The molecule has 0 saturated carbocycles. The Morgan fingerprint density at radius 3 is 2.50 bits per heavy atom. The van der Waals surface area contributed by atoms with Crippen molar-refractivity contribution in [1.82, 2.24) is 30.5 Å². The molecule has 9 nitrogen and oxygen atoms in total. The molecule has 10 heteroatoms. The molecule has 0 unspecified atom stereocenters. The first kappa shape index (κ1) is 25.9. The third-order valence-corrected chi connectivity index (χ3v) is 7.71. The number of carbonyl (C=O) groups is 3. The van der Waals surface area contributed by atoms with E-state index in [0.717, 1.165) is 11.3 Å². The molecule has 198 valence electrons. The van der Waals surface area contributed by atoms with Gasteiger partial charge in [0.15, 0.2) is 0 Å². The summed E-state index contributed by atoms with van der Waals surface area (Å²) in [5, 5.41) is 15.2. The number of aryl methyl sites for hydroxylation is 1. The third kappa shape index (κ3) is 5.88. The van der Waals surface area contributed by atoms with Gasteiger partial charge in [0, 0.05) is 55.8 Å². The van der Waals surface area contributed by atoms with E-state index in [1.807, 2.05) is 36.5 Å². The van der Waals surface area contributed by atoms with Gasteiger partial charge in [0.05, 0.1) is 11.1 Å². The molecular weight excluding hydrogens is 504 g/mol. The summed E-state index contributed by atoms with van der Waals surface area (Å²) in [7, 11) is 0. The minimum Gasteiger partial charge on any atom is -0.354 e. The van der Waals surface area contributed by atoms with Gasteiger partial charge in [0.25, 0.3) is 5.91 Å². The van der Waals surface area contributed by atoms with Gasteiger partial charge >= 0.3 is 0 Å². The van der Waals surface area contributed by atoms with Crippen LogP contribution in [-0.2, 0) is 29.0 Å². The molecule has 5 rings (SSSR count). The Morgan fingerprint density at radius 2 is 1.76 bits per heavy atom. The van der Waals surface area contributed by atoms with Gasteiger partial charge in [0.1, 0.15) is 6.04 Å². The van der Waals surface area contributed by atoms with Crippen LogP contribution in [0.1, 0.15) is 40.9 Å². The van der Waals surface area contributed by atoms with E-state index < -0.39 is 11.5 Å². The maximum Gasteiger partial charge on any atom is 0.253 e. The monoisotopic (exact) mass is 534 g/mol. The van der Waals surface area contributed by atoms with Crippen LogP contribution in [0.3, 0.4) is 0 Å². The highest BCUT2D eigenvalue weighted by atomic mass is 35.5. The van der Waals surface area contributed by atoms with Crippen LogP contribution < -0.4 is 10.6 Å². The average Bonchev–Trinajstić information content (AvgIpc) is 3.38. The maximum atomic E-state index is 14.0. The normalized spacial score (nSPS) is 20.0. The van der Waals surface area contributed by atoms with Crippen LogP contribution in [0.2, 0.25) is 5.02 Å². The van der Waals surface area contributed by atoms with E-state index in [1.54, 1.807) is 33.8 Å². The minimum absolute atomic E-state index is 0.0890. The molecule has 0 radical (unpaired) electrons. The highest BCUT2D eigenvalue weighted by Crippen LogP contribution is 2.36. The first-order chi connectivity index (χ1) is 18.4. The second-order valence-corrected chi connectivity index (χ2v) is 10.5. The molecule has 3 amide bonds. The van der Waals surface area contributed by atoms with Crippen molar-refractivity contribution in [1.29, 1.82) is 0 Å². The number of hydrogen-bond donors (Lipinski definition) is 2. The highest BCUT2D eigenvalue weighted by Gasteiger charge is 2.44. The summed E-state index contributed by atoms with van der Waals surface area (Å²) in [5.74, 6) is -0.486. The molecule has 2 N–H and O–H groups in total. The van der Waals surface area contributed by atoms with Gasteiger partial charge in [-0.25, -0.2) is 0 Å². The van der Waals surface area contributed by atoms with E-state index in [1.165, 1.54) is 0 Å². The van der Waals surface area contributed by atoms with E-state index in [-0.39, 0.29) is 17.7 Å². The molecule has 3 aromatic rings. The fourth-order valence-corrected chi connectivity index (χ4v) is 5.34. The van der Waals surface area contributed by atoms with E-state index >= 15 is 0 Å². The SMILES string of the molecule is O=C1NCCCn2cc(nn2)CC2(CCN(C(=O)c3ccc(Cl)cc3)CC2)C(=O)N[C@H]1Cc1ccccc1. The van der Waals surface area contributed by atoms with Crippen molar-refractivity contribution in [2.75, 3.05) is 19.6 Å². The Kier molecular flexibility index (Phi) is 7.74. The van der Waals surface area contributed by atoms with Crippen LogP contribution >= 0.6 is 11.6 Å². The topological polar surface area (TPSA) is 109 Å². The molecule has 3 heterocycles. The molecule has 2 aliphatic heterocycles. The van der Waals surface area contributed by atoms with Gasteiger partial charge in [0.2, 0.25) is 11.8 Å². The van der Waals surface area contributed by atoms with Gasteiger partial charge < -0.3 is 15.5 Å². The first-order valence-electron chi connectivity index (χ1n) is 13.0. The van der Waals surface area contributed by atoms with Crippen LogP contribution in [0.15, 0.2) is 60.8 Å². The van der Waals surface area contributed by atoms with Crippen molar-refractivity contribution in [3.63, 3.8) is 0 Å². The molecule has 0 aliphatic carbocycles. The summed E-state index contributed by atoms with van der Waals surface area (Å²) < 4.78 is 1.76. The van der Waals surface area contributed by atoms with Gasteiger partial charge in [-0.05, 0) is 49.1 Å². The summed E-state index contributed by atoms with van der Waals surface area (Å²) in [5.41, 5.74) is 1.44. The van der Waals surface area contributed by atoms with Crippen LogP contribution in [0.4, 0.5) is 0 Å². The lowest BCUT2D eigenvalue weighted by Gasteiger charge is -2.41. The molecule has 1 saturated heterocycles. The van der Waals surface area contributed by atoms with Gasteiger partial charge in [-0.1, -0.05) is 47.1 Å². The zero-order valence-electron chi connectivity index (χ0n) is 21.1. The molecule has 38 heavy (non-hydrogen) atoms. The fourth-order valence-electron chi connectivity index (χ4n) is 5.22. The molecule has 1 atom stereocenters. The number of nitrogens with one attached hydrogen (secondary N) is 2. The van der Waals surface area contributed by atoms with E-state index in [2.05, 4.69) is 20.9 Å². The van der Waals surface area contributed by atoms with Crippen LogP contribution in [0.25, 0.3) is 0 Å². The summed E-state index contributed by atoms with van der Waals surface area (Å²) in [6, 6.07) is 15.8. The Labute approximate surface area is 226 Å². The van der Waals surface area contributed by atoms with Crippen molar-refractivity contribution in [2.45, 2.75) is 44.7 Å². The molecule has 2 bridgehead atoms. The van der Waals surface area contributed by atoms with Crippen molar-refractivity contribution in [3.05, 3.63) is 82.6 Å². The predicted molar refractivity (Wildman–Crippen MR) is 142 cm³/mol. The van der Waals surface area contributed by atoms with Crippen molar-refractivity contribution in [3.8, 4) is 0 Å². The van der Waals surface area contributed by atoms with E-state index in [4.69, 9.17) is 11.6 Å². The quantitative estimate of drug-likeness (QED) is 0.537. The number of nitrogens with zero attached hydrogens (tertiary/aromatic N) is 4. The number of aromatic nitrogens is 3. The molecule has 1 fully saturated rings. The van der Waals surface area contributed by atoms with Crippen molar-refractivity contribution < 1.29 is 14.4 Å². The number of likely N-dealkylation sites (tertiary alicyclic amines) is 1. The molecule has 1 spiro atoms.